The SMILES string of the molecule is Cc1oc(-c2ccn[nH]2)cc1S(=O)(=O)N1CCCN(Cc2cccs2)CC1. The van der Waals surface area contributed by atoms with Crippen molar-refractivity contribution in [3.63, 3.8) is 0 Å². The van der Waals surface area contributed by atoms with Gasteiger partial charge in [-0.1, -0.05) is 6.07 Å². The van der Waals surface area contributed by atoms with E-state index in [0.717, 1.165) is 26.1 Å². The Bertz CT molecular complexity index is 978. The smallest absolute Gasteiger partial charge is 0.246 e. The van der Waals surface area contributed by atoms with Crippen LogP contribution in [0.3, 0.4) is 0 Å². The lowest BCUT2D eigenvalue weighted by Gasteiger charge is -2.21. The van der Waals surface area contributed by atoms with Crippen LogP contribution in [0.25, 0.3) is 11.5 Å². The van der Waals surface area contributed by atoms with E-state index >= 15 is 0 Å². The van der Waals surface area contributed by atoms with Gasteiger partial charge in [0.2, 0.25) is 10.0 Å². The number of sulfonamides is 1. The Morgan fingerprint density at radius 2 is 2.15 bits per heavy atom. The Hall–Kier alpha value is -1.94. The number of furan rings is 1. The minimum Gasteiger partial charge on any atom is -0.458 e. The number of aromatic nitrogens is 2. The largest absolute Gasteiger partial charge is 0.458 e. The van der Waals surface area contributed by atoms with Crippen LogP contribution < -0.4 is 0 Å². The first-order valence-electron chi connectivity index (χ1n) is 8.89. The fraction of sp³-hybridized carbons (Fsp3) is 0.389. The maximum atomic E-state index is 13.2. The van der Waals surface area contributed by atoms with Crippen molar-refractivity contribution in [2.45, 2.75) is 24.8 Å². The van der Waals surface area contributed by atoms with Gasteiger partial charge >= 0.3 is 0 Å². The molecule has 1 fully saturated rings. The van der Waals surface area contributed by atoms with Crippen molar-refractivity contribution in [1.82, 2.24) is 19.4 Å². The number of nitrogens with zero attached hydrogens (tertiary/aromatic N) is 3. The van der Waals surface area contributed by atoms with E-state index in [4.69, 9.17) is 4.42 Å². The van der Waals surface area contributed by atoms with Gasteiger partial charge < -0.3 is 4.42 Å². The summed E-state index contributed by atoms with van der Waals surface area (Å²) in [4.78, 5) is 3.86. The van der Waals surface area contributed by atoms with Gasteiger partial charge in [-0.3, -0.25) is 10.00 Å². The summed E-state index contributed by atoms with van der Waals surface area (Å²) in [5, 5.41) is 8.77. The monoisotopic (exact) mass is 406 g/mol. The van der Waals surface area contributed by atoms with E-state index in [0.29, 0.717) is 30.3 Å². The van der Waals surface area contributed by atoms with Gasteiger partial charge in [-0.15, -0.1) is 11.3 Å². The van der Waals surface area contributed by atoms with Gasteiger partial charge in [0, 0.05) is 43.3 Å². The number of nitrogens with one attached hydrogen (secondary N) is 1. The molecule has 3 aromatic rings. The van der Waals surface area contributed by atoms with Gasteiger partial charge in [-0.25, -0.2) is 8.42 Å². The van der Waals surface area contributed by atoms with Crippen LogP contribution in [0.15, 0.2) is 45.2 Å². The molecule has 1 aliphatic heterocycles. The normalized spacial score (nSPS) is 17.2. The molecule has 0 spiro atoms. The van der Waals surface area contributed by atoms with Crippen LogP contribution in [-0.4, -0.2) is 54.0 Å². The predicted octanol–water partition coefficient (Wildman–Crippen LogP) is 2.94. The summed E-state index contributed by atoms with van der Waals surface area (Å²) in [6.45, 7) is 5.19. The van der Waals surface area contributed by atoms with Gasteiger partial charge in [0.25, 0.3) is 0 Å². The molecule has 3 aromatic heterocycles. The van der Waals surface area contributed by atoms with Crippen LogP contribution in [0, 0.1) is 6.92 Å². The van der Waals surface area contributed by atoms with Crippen molar-refractivity contribution in [3.8, 4) is 11.5 Å². The lowest BCUT2D eigenvalue weighted by molar-refractivity contribution is 0.281. The van der Waals surface area contributed by atoms with Gasteiger partial charge in [0.1, 0.15) is 16.3 Å². The Morgan fingerprint density at radius 3 is 2.89 bits per heavy atom. The van der Waals surface area contributed by atoms with E-state index in [1.54, 1.807) is 40.9 Å². The third kappa shape index (κ3) is 3.86. The first-order chi connectivity index (χ1) is 13.0. The van der Waals surface area contributed by atoms with Crippen LogP contribution >= 0.6 is 11.3 Å². The molecule has 0 aliphatic carbocycles. The highest BCUT2D eigenvalue weighted by molar-refractivity contribution is 7.89. The van der Waals surface area contributed by atoms with Gasteiger partial charge in [0.05, 0.1) is 0 Å². The maximum absolute atomic E-state index is 13.2. The highest BCUT2D eigenvalue weighted by atomic mass is 32.2. The zero-order valence-electron chi connectivity index (χ0n) is 15.1. The van der Waals surface area contributed by atoms with E-state index in [2.05, 4.69) is 26.5 Å². The number of aryl methyl sites for hydroxylation is 1. The Labute approximate surface area is 162 Å². The zero-order chi connectivity index (χ0) is 18.9. The Kier molecular flexibility index (Phi) is 5.18. The topological polar surface area (TPSA) is 82.4 Å². The minimum absolute atomic E-state index is 0.235. The quantitative estimate of drug-likeness (QED) is 0.704. The van der Waals surface area contributed by atoms with Crippen molar-refractivity contribution < 1.29 is 12.8 Å². The molecule has 0 aromatic carbocycles. The summed E-state index contributed by atoms with van der Waals surface area (Å²) in [5.74, 6) is 0.886. The Morgan fingerprint density at radius 1 is 1.26 bits per heavy atom. The molecule has 1 saturated heterocycles. The minimum atomic E-state index is -3.59. The summed E-state index contributed by atoms with van der Waals surface area (Å²) in [7, 11) is -3.59. The van der Waals surface area contributed by atoms with E-state index in [9.17, 15) is 8.42 Å². The molecule has 9 heteroatoms. The highest BCUT2D eigenvalue weighted by Gasteiger charge is 2.30. The molecule has 27 heavy (non-hydrogen) atoms. The second-order valence-corrected chi connectivity index (χ2v) is 9.55. The molecule has 0 bridgehead atoms. The van der Waals surface area contributed by atoms with Crippen molar-refractivity contribution in [1.29, 1.82) is 0 Å². The molecule has 0 radical (unpaired) electrons. The van der Waals surface area contributed by atoms with Gasteiger partial charge in [-0.2, -0.15) is 9.40 Å². The molecule has 0 amide bonds. The third-order valence-electron chi connectivity index (χ3n) is 4.76. The number of H-pyrrole nitrogens is 1. The van der Waals surface area contributed by atoms with Crippen LogP contribution in [0.4, 0.5) is 0 Å². The first kappa shape index (κ1) is 18.4. The number of aromatic amines is 1. The average Bonchev–Trinajstić information content (AvgIpc) is 3.36. The summed E-state index contributed by atoms with van der Waals surface area (Å²) in [5.41, 5.74) is 0.664. The van der Waals surface area contributed by atoms with E-state index in [1.807, 2.05) is 6.07 Å². The lowest BCUT2D eigenvalue weighted by Crippen LogP contribution is -2.35. The number of rotatable bonds is 5. The third-order valence-corrected chi connectivity index (χ3v) is 7.63. The van der Waals surface area contributed by atoms with Crippen molar-refractivity contribution in [2.24, 2.45) is 0 Å². The molecule has 7 nitrogen and oxygen atoms in total. The summed E-state index contributed by atoms with van der Waals surface area (Å²) < 4.78 is 33.6. The van der Waals surface area contributed by atoms with Crippen LogP contribution in [0.1, 0.15) is 17.1 Å². The van der Waals surface area contributed by atoms with Crippen molar-refractivity contribution >= 4 is 21.4 Å². The van der Waals surface area contributed by atoms with Gasteiger partial charge in [0.15, 0.2) is 5.76 Å². The molecule has 4 rings (SSSR count). The standard InChI is InChI=1S/C18H22N4O3S2/c1-14-18(12-17(25-14)16-5-6-19-20-16)27(23,24)22-8-3-7-21(9-10-22)13-15-4-2-11-26-15/h2,4-6,11-12H,3,7-10,13H2,1H3,(H,19,20). The predicted molar refractivity (Wildman–Crippen MR) is 104 cm³/mol. The summed E-state index contributed by atoms with van der Waals surface area (Å²) >= 11 is 1.74. The van der Waals surface area contributed by atoms with Crippen molar-refractivity contribution in [2.75, 3.05) is 26.2 Å². The average molecular weight is 407 g/mol. The number of hydrogen-bond acceptors (Lipinski definition) is 6. The van der Waals surface area contributed by atoms with Crippen LogP contribution in [0.5, 0.6) is 0 Å². The number of hydrogen-bond donors (Lipinski definition) is 1. The lowest BCUT2D eigenvalue weighted by atomic mass is 10.3. The highest BCUT2D eigenvalue weighted by Crippen LogP contribution is 2.29. The summed E-state index contributed by atoms with van der Waals surface area (Å²) in [6.07, 6.45) is 2.42. The van der Waals surface area contributed by atoms with Crippen molar-refractivity contribution in [3.05, 3.63) is 46.5 Å². The fourth-order valence-corrected chi connectivity index (χ4v) is 5.73. The summed E-state index contributed by atoms with van der Waals surface area (Å²) in [6, 6.07) is 7.51. The maximum Gasteiger partial charge on any atom is 0.246 e. The number of thiophene rings is 1. The van der Waals surface area contributed by atoms with E-state index < -0.39 is 10.0 Å². The van der Waals surface area contributed by atoms with Crippen LogP contribution in [-0.2, 0) is 16.6 Å². The fourth-order valence-electron chi connectivity index (χ4n) is 3.36. The molecule has 144 valence electrons. The molecule has 0 atom stereocenters. The second kappa shape index (κ2) is 7.59. The van der Waals surface area contributed by atoms with E-state index in [-0.39, 0.29) is 4.90 Å². The molecular formula is C18H22N4O3S2. The van der Waals surface area contributed by atoms with E-state index in [1.165, 1.54) is 4.88 Å². The molecule has 1 aliphatic rings. The molecule has 0 unspecified atom stereocenters. The molecule has 0 saturated carbocycles. The second-order valence-electron chi connectivity index (χ2n) is 6.61. The zero-order valence-corrected chi connectivity index (χ0v) is 16.7. The molecule has 4 heterocycles. The Balaban J connectivity index is 1.50. The molecule has 1 N–H and O–H groups in total. The van der Waals surface area contributed by atoms with Crippen LogP contribution in [0.2, 0.25) is 0 Å². The molecular weight excluding hydrogens is 384 g/mol. The van der Waals surface area contributed by atoms with Gasteiger partial charge in [-0.05, 0) is 37.4 Å². The first-order valence-corrected chi connectivity index (χ1v) is 11.2.